The van der Waals surface area contributed by atoms with Crippen molar-refractivity contribution in [3.63, 3.8) is 0 Å². The summed E-state index contributed by atoms with van der Waals surface area (Å²) in [5.41, 5.74) is 0. The van der Waals surface area contributed by atoms with E-state index in [0.717, 1.165) is 4.90 Å². The Morgan fingerprint density at radius 1 is 1.47 bits per heavy atom. The van der Waals surface area contributed by atoms with Gasteiger partial charge in [0.1, 0.15) is 5.82 Å². The maximum Gasteiger partial charge on any atom is 0.308 e. The van der Waals surface area contributed by atoms with E-state index in [1.807, 2.05) is 0 Å². The van der Waals surface area contributed by atoms with Crippen molar-refractivity contribution >= 4 is 17.7 Å². The Bertz CT molecular complexity index is 353. The molecular weight excluding hydrogens is 243 g/mol. The van der Waals surface area contributed by atoms with Gasteiger partial charge < -0.3 is 9.84 Å². The molecule has 0 radical (unpaired) electrons. The molecule has 5 heteroatoms. The van der Waals surface area contributed by atoms with Gasteiger partial charge in [0.25, 0.3) is 0 Å². The highest BCUT2D eigenvalue weighted by Crippen LogP contribution is 2.19. The van der Waals surface area contributed by atoms with Crippen LogP contribution in [0.4, 0.5) is 4.39 Å². The summed E-state index contributed by atoms with van der Waals surface area (Å²) < 4.78 is 17.3. The molecule has 0 amide bonds. The van der Waals surface area contributed by atoms with Crippen LogP contribution in [0.2, 0.25) is 0 Å². The third-order valence-electron chi connectivity index (χ3n) is 1.96. The summed E-state index contributed by atoms with van der Waals surface area (Å²) in [6, 6.07) is 5.99. The van der Waals surface area contributed by atoms with Gasteiger partial charge in [0.15, 0.2) is 0 Å². The van der Waals surface area contributed by atoms with Crippen molar-refractivity contribution in [2.75, 3.05) is 12.4 Å². The fourth-order valence-corrected chi connectivity index (χ4v) is 2.03. The SMILES string of the molecule is CCOC(=O)CC(O)CSc1ccc(F)cc1. The smallest absolute Gasteiger partial charge is 0.308 e. The van der Waals surface area contributed by atoms with Gasteiger partial charge in [-0.15, -0.1) is 11.8 Å². The lowest BCUT2D eigenvalue weighted by molar-refractivity contribution is -0.144. The van der Waals surface area contributed by atoms with Gasteiger partial charge in [0.05, 0.1) is 19.1 Å². The number of hydrogen-bond donors (Lipinski definition) is 1. The highest BCUT2D eigenvalue weighted by Gasteiger charge is 2.11. The lowest BCUT2D eigenvalue weighted by Gasteiger charge is -2.09. The zero-order valence-electron chi connectivity index (χ0n) is 9.56. The number of carbonyl (C=O) groups excluding carboxylic acids is 1. The number of thioether (sulfide) groups is 1. The number of halogens is 1. The summed E-state index contributed by atoms with van der Waals surface area (Å²) in [6.45, 7) is 2.04. The van der Waals surface area contributed by atoms with Gasteiger partial charge in [-0.25, -0.2) is 4.39 Å². The molecule has 17 heavy (non-hydrogen) atoms. The van der Waals surface area contributed by atoms with Gasteiger partial charge in [-0.2, -0.15) is 0 Å². The van der Waals surface area contributed by atoms with Crippen LogP contribution in [0.5, 0.6) is 0 Å². The standard InChI is InChI=1S/C12H15FO3S/c1-2-16-12(15)7-10(14)8-17-11-5-3-9(13)4-6-11/h3-6,10,14H,2,7-8H2,1H3. The van der Waals surface area contributed by atoms with Crippen LogP contribution >= 0.6 is 11.8 Å². The van der Waals surface area contributed by atoms with E-state index in [4.69, 9.17) is 4.74 Å². The number of rotatable bonds is 6. The molecule has 1 unspecified atom stereocenters. The Morgan fingerprint density at radius 2 is 2.12 bits per heavy atom. The first-order chi connectivity index (χ1) is 8.11. The molecule has 1 atom stereocenters. The second-order valence-electron chi connectivity index (χ2n) is 3.43. The van der Waals surface area contributed by atoms with Crippen LogP contribution in [0.25, 0.3) is 0 Å². The lowest BCUT2D eigenvalue weighted by atomic mass is 10.3. The predicted molar refractivity (Wildman–Crippen MR) is 64.4 cm³/mol. The van der Waals surface area contributed by atoms with E-state index in [9.17, 15) is 14.3 Å². The molecule has 94 valence electrons. The predicted octanol–water partition coefficient (Wildman–Crippen LogP) is 2.23. The monoisotopic (exact) mass is 258 g/mol. The summed E-state index contributed by atoms with van der Waals surface area (Å²) in [4.78, 5) is 11.9. The Morgan fingerprint density at radius 3 is 2.71 bits per heavy atom. The average molecular weight is 258 g/mol. The zero-order chi connectivity index (χ0) is 12.7. The Hall–Kier alpha value is -1.07. The second kappa shape index (κ2) is 7.29. The molecule has 0 saturated heterocycles. The van der Waals surface area contributed by atoms with Gasteiger partial charge in [-0.05, 0) is 31.2 Å². The number of carbonyl (C=O) groups is 1. The number of benzene rings is 1. The quantitative estimate of drug-likeness (QED) is 0.628. The number of ether oxygens (including phenoxy) is 1. The van der Waals surface area contributed by atoms with E-state index < -0.39 is 12.1 Å². The van der Waals surface area contributed by atoms with Crippen LogP contribution < -0.4 is 0 Å². The maximum atomic E-state index is 12.6. The molecule has 0 bridgehead atoms. The van der Waals surface area contributed by atoms with Gasteiger partial charge in [0.2, 0.25) is 0 Å². The van der Waals surface area contributed by atoms with Gasteiger partial charge in [-0.1, -0.05) is 0 Å². The zero-order valence-corrected chi connectivity index (χ0v) is 10.4. The minimum absolute atomic E-state index is 0.0119. The van der Waals surface area contributed by atoms with Crippen molar-refractivity contribution in [2.45, 2.75) is 24.3 Å². The normalized spacial score (nSPS) is 12.2. The molecule has 3 nitrogen and oxygen atoms in total. The molecule has 1 N–H and O–H groups in total. The van der Waals surface area contributed by atoms with Crippen LogP contribution in [-0.2, 0) is 9.53 Å². The molecule has 0 spiro atoms. The molecule has 1 aromatic carbocycles. The third kappa shape index (κ3) is 5.70. The van der Waals surface area contributed by atoms with E-state index in [2.05, 4.69) is 0 Å². The molecule has 0 saturated carbocycles. The van der Waals surface area contributed by atoms with Gasteiger partial charge >= 0.3 is 5.97 Å². The van der Waals surface area contributed by atoms with Crippen LogP contribution in [0.3, 0.4) is 0 Å². The fraction of sp³-hybridized carbons (Fsp3) is 0.417. The second-order valence-corrected chi connectivity index (χ2v) is 4.52. The summed E-state index contributed by atoms with van der Waals surface area (Å²) in [5.74, 6) is -0.314. The topological polar surface area (TPSA) is 46.5 Å². The molecule has 0 aliphatic carbocycles. The van der Waals surface area contributed by atoms with Crippen molar-refractivity contribution in [1.29, 1.82) is 0 Å². The number of hydrogen-bond acceptors (Lipinski definition) is 4. The molecular formula is C12H15FO3S. The summed E-state index contributed by atoms with van der Waals surface area (Å²) in [7, 11) is 0. The maximum absolute atomic E-state index is 12.6. The lowest BCUT2D eigenvalue weighted by Crippen LogP contribution is -2.17. The van der Waals surface area contributed by atoms with Crippen molar-refractivity contribution in [1.82, 2.24) is 0 Å². The summed E-state index contributed by atoms with van der Waals surface area (Å²) >= 11 is 1.37. The first kappa shape index (κ1) is 14.0. The van der Waals surface area contributed by atoms with Crippen LogP contribution in [0.15, 0.2) is 29.2 Å². The summed E-state index contributed by atoms with van der Waals surface area (Å²) in [6.07, 6.45) is -0.758. The largest absolute Gasteiger partial charge is 0.466 e. The van der Waals surface area contributed by atoms with E-state index >= 15 is 0 Å². The molecule has 0 fully saturated rings. The highest BCUT2D eigenvalue weighted by molar-refractivity contribution is 7.99. The molecule has 1 aromatic rings. The van der Waals surface area contributed by atoms with E-state index in [1.54, 1.807) is 19.1 Å². The Kier molecular flexibility index (Phi) is 6.00. The minimum Gasteiger partial charge on any atom is -0.466 e. The number of aliphatic hydroxyl groups is 1. The molecule has 0 aliphatic heterocycles. The fourth-order valence-electron chi connectivity index (χ4n) is 1.19. The van der Waals surface area contributed by atoms with Crippen molar-refractivity contribution in [3.05, 3.63) is 30.1 Å². The Balaban J connectivity index is 2.30. The van der Waals surface area contributed by atoms with E-state index in [0.29, 0.717) is 12.4 Å². The number of esters is 1. The highest BCUT2D eigenvalue weighted by atomic mass is 32.2. The van der Waals surface area contributed by atoms with E-state index in [-0.39, 0.29) is 12.2 Å². The first-order valence-electron chi connectivity index (χ1n) is 5.34. The molecule has 1 rings (SSSR count). The van der Waals surface area contributed by atoms with Gasteiger partial charge in [-0.3, -0.25) is 4.79 Å². The van der Waals surface area contributed by atoms with Crippen LogP contribution in [0, 0.1) is 5.82 Å². The number of aliphatic hydroxyl groups excluding tert-OH is 1. The van der Waals surface area contributed by atoms with Crippen molar-refractivity contribution in [2.24, 2.45) is 0 Å². The molecule has 0 aliphatic rings. The molecule has 0 heterocycles. The van der Waals surface area contributed by atoms with Crippen LogP contribution in [-0.4, -0.2) is 29.5 Å². The molecule has 0 aromatic heterocycles. The summed E-state index contributed by atoms with van der Waals surface area (Å²) in [5, 5.41) is 9.57. The van der Waals surface area contributed by atoms with Crippen molar-refractivity contribution in [3.8, 4) is 0 Å². The van der Waals surface area contributed by atoms with Gasteiger partial charge in [0, 0.05) is 10.6 Å². The Labute approximate surface area is 104 Å². The third-order valence-corrected chi connectivity index (χ3v) is 3.12. The minimum atomic E-state index is -0.746. The first-order valence-corrected chi connectivity index (χ1v) is 6.32. The average Bonchev–Trinajstić information content (AvgIpc) is 2.28. The van der Waals surface area contributed by atoms with Crippen LogP contribution in [0.1, 0.15) is 13.3 Å². The van der Waals surface area contributed by atoms with Crippen molar-refractivity contribution < 1.29 is 19.0 Å². The van der Waals surface area contributed by atoms with E-state index in [1.165, 1.54) is 23.9 Å².